The van der Waals surface area contributed by atoms with Crippen LogP contribution >= 0.6 is 0 Å². The molecule has 2 aliphatic carbocycles. The van der Waals surface area contributed by atoms with Crippen LogP contribution in [0.4, 0.5) is 0 Å². The van der Waals surface area contributed by atoms with Crippen LogP contribution in [0.15, 0.2) is 24.3 Å². The third kappa shape index (κ3) is 3.22. The SMILES string of the molecule is O=C(CNC[C@@H]1CCCO1)NC[C@@H]1C[C@]12CCCc1ccccc12. The third-order valence-electron chi connectivity index (χ3n) is 6.08. The number of hydrogen-bond acceptors (Lipinski definition) is 3. The Bertz CT molecular complexity index is 597. The Morgan fingerprint density at radius 3 is 3.04 bits per heavy atom. The summed E-state index contributed by atoms with van der Waals surface area (Å²) in [6.07, 6.45) is 7.55. The van der Waals surface area contributed by atoms with E-state index in [0.29, 0.717) is 24.0 Å². The summed E-state index contributed by atoms with van der Waals surface area (Å²) >= 11 is 0. The number of aryl methyl sites for hydroxylation is 1. The van der Waals surface area contributed by atoms with E-state index in [4.69, 9.17) is 4.74 Å². The average molecular weight is 328 g/mol. The number of benzene rings is 1. The topological polar surface area (TPSA) is 50.4 Å². The maximum atomic E-state index is 12.1. The maximum Gasteiger partial charge on any atom is 0.233 e. The first kappa shape index (κ1) is 16.1. The first-order chi connectivity index (χ1) is 11.8. The van der Waals surface area contributed by atoms with Crippen LogP contribution in [-0.4, -0.2) is 38.3 Å². The normalized spacial score (nSPS) is 31.0. The monoisotopic (exact) mass is 328 g/mol. The maximum absolute atomic E-state index is 12.1. The van der Waals surface area contributed by atoms with Crippen LogP contribution < -0.4 is 10.6 Å². The first-order valence-corrected chi connectivity index (χ1v) is 9.45. The van der Waals surface area contributed by atoms with Crippen LogP contribution in [0.3, 0.4) is 0 Å². The predicted octanol–water partition coefficient (Wildman–Crippen LogP) is 2.17. The fourth-order valence-corrected chi connectivity index (χ4v) is 4.69. The second kappa shape index (κ2) is 6.85. The van der Waals surface area contributed by atoms with E-state index in [1.54, 1.807) is 5.56 Å². The molecule has 0 radical (unpaired) electrons. The van der Waals surface area contributed by atoms with E-state index >= 15 is 0 Å². The van der Waals surface area contributed by atoms with Crippen molar-refractivity contribution in [2.24, 2.45) is 5.92 Å². The van der Waals surface area contributed by atoms with Gasteiger partial charge in [-0.1, -0.05) is 24.3 Å². The Balaban J connectivity index is 1.23. The standard InChI is InChI=1S/C20H28N2O2/c23-19(14-21-13-17-7-4-10-24-17)22-12-16-11-20(16)9-3-6-15-5-1-2-8-18(15)20/h1-2,5,8,16-17,21H,3-4,6-7,9-14H2,(H,22,23)/t16-,17-,20+/m0/s1. The molecule has 2 fully saturated rings. The summed E-state index contributed by atoms with van der Waals surface area (Å²) in [5, 5.41) is 6.35. The van der Waals surface area contributed by atoms with Crippen LogP contribution in [-0.2, 0) is 21.4 Å². The zero-order valence-corrected chi connectivity index (χ0v) is 14.4. The first-order valence-electron chi connectivity index (χ1n) is 9.45. The van der Waals surface area contributed by atoms with Crippen molar-refractivity contribution < 1.29 is 9.53 Å². The van der Waals surface area contributed by atoms with E-state index in [2.05, 4.69) is 34.9 Å². The van der Waals surface area contributed by atoms with Crippen molar-refractivity contribution in [3.05, 3.63) is 35.4 Å². The van der Waals surface area contributed by atoms with Gasteiger partial charge in [0.2, 0.25) is 5.91 Å². The molecule has 3 atom stereocenters. The quantitative estimate of drug-likeness (QED) is 0.841. The van der Waals surface area contributed by atoms with Crippen LogP contribution in [0.1, 0.15) is 43.2 Å². The van der Waals surface area contributed by atoms with Crippen LogP contribution in [0.2, 0.25) is 0 Å². The van der Waals surface area contributed by atoms with Gasteiger partial charge in [-0.2, -0.15) is 0 Å². The Labute approximate surface area is 144 Å². The number of carbonyl (C=O) groups is 1. The van der Waals surface area contributed by atoms with Crippen molar-refractivity contribution in [3.8, 4) is 0 Å². The molecule has 130 valence electrons. The number of fused-ring (bicyclic) bond motifs is 2. The lowest BCUT2D eigenvalue weighted by atomic mass is 9.78. The summed E-state index contributed by atoms with van der Waals surface area (Å²) in [4.78, 5) is 12.1. The molecule has 1 spiro atoms. The molecule has 4 nitrogen and oxygen atoms in total. The van der Waals surface area contributed by atoms with E-state index in [1.165, 1.54) is 31.2 Å². The van der Waals surface area contributed by atoms with Crippen molar-refractivity contribution in [2.75, 3.05) is 26.2 Å². The molecular formula is C20H28N2O2. The molecular weight excluding hydrogens is 300 g/mol. The van der Waals surface area contributed by atoms with Crippen molar-refractivity contribution in [3.63, 3.8) is 0 Å². The van der Waals surface area contributed by atoms with E-state index in [-0.39, 0.29) is 5.91 Å². The highest BCUT2D eigenvalue weighted by Crippen LogP contribution is 2.59. The highest BCUT2D eigenvalue weighted by atomic mass is 16.5. The van der Waals surface area contributed by atoms with Gasteiger partial charge in [-0.05, 0) is 55.6 Å². The lowest BCUT2D eigenvalue weighted by Crippen LogP contribution is -2.38. The van der Waals surface area contributed by atoms with Gasteiger partial charge in [-0.15, -0.1) is 0 Å². The minimum Gasteiger partial charge on any atom is -0.377 e. The molecule has 1 saturated heterocycles. The highest BCUT2D eigenvalue weighted by molar-refractivity contribution is 5.78. The molecule has 1 aliphatic heterocycles. The average Bonchev–Trinajstić information content (AvgIpc) is 3.03. The van der Waals surface area contributed by atoms with Crippen LogP contribution in [0.25, 0.3) is 0 Å². The molecule has 1 amide bonds. The summed E-state index contributed by atoms with van der Waals surface area (Å²) in [6, 6.07) is 8.89. The number of nitrogens with one attached hydrogen (secondary N) is 2. The molecule has 4 rings (SSSR count). The molecule has 3 aliphatic rings. The van der Waals surface area contributed by atoms with E-state index in [1.807, 2.05) is 0 Å². The molecule has 1 aromatic rings. The Morgan fingerprint density at radius 1 is 1.25 bits per heavy atom. The summed E-state index contributed by atoms with van der Waals surface area (Å²) in [7, 11) is 0. The molecule has 0 bridgehead atoms. The number of amides is 1. The van der Waals surface area contributed by atoms with Crippen molar-refractivity contribution in [2.45, 2.75) is 50.0 Å². The number of ether oxygens (including phenoxy) is 1. The van der Waals surface area contributed by atoms with Gasteiger partial charge in [-0.3, -0.25) is 4.79 Å². The van der Waals surface area contributed by atoms with E-state index in [9.17, 15) is 4.79 Å². The van der Waals surface area contributed by atoms with Crippen molar-refractivity contribution in [1.29, 1.82) is 0 Å². The molecule has 24 heavy (non-hydrogen) atoms. The Morgan fingerprint density at radius 2 is 2.17 bits per heavy atom. The zero-order chi connectivity index (χ0) is 16.4. The highest BCUT2D eigenvalue weighted by Gasteiger charge is 2.56. The molecule has 2 N–H and O–H groups in total. The lowest BCUT2D eigenvalue weighted by molar-refractivity contribution is -0.120. The molecule has 0 aromatic heterocycles. The smallest absolute Gasteiger partial charge is 0.233 e. The number of rotatable bonds is 6. The summed E-state index contributed by atoms with van der Waals surface area (Å²) < 4.78 is 5.56. The molecule has 1 heterocycles. The van der Waals surface area contributed by atoms with Gasteiger partial charge in [0, 0.05) is 25.1 Å². The van der Waals surface area contributed by atoms with Crippen molar-refractivity contribution in [1.82, 2.24) is 10.6 Å². The molecule has 0 unspecified atom stereocenters. The van der Waals surface area contributed by atoms with Gasteiger partial charge in [0.1, 0.15) is 0 Å². The van der Waals surface area contributed by atoms with Gasteiger partial charge < -0.3 is 15.4 Å². The van der Waals surface area contributed by atoms with Gasteiger partial charge in [0.05, 0.1) is 12.6 Å². The van der Waals surface area contributed by atoms with Crippen LogP contribution in [0, 0.1) is 5.92 Å². The predicted molar refractivity (Wildman–Crippen MR) is 94.0 cm³/mol. The minimum atomic E-state index is 0.110. The summed E-state index contributed by atoms with van der Waals surface area (Å²) in [5.41, 5.74) is 3.43. The fraction of sp³-hybridized carbons (Fsp3) is 0.650. The minimum absolute atomic E-state index is 0.110. The van der Waals surface area contributed by atoms with Crippen molar-refractivity contribution >= 4 is 5.91 Å². The van der Waals surface area contributed by atoms with Crippen LogP contribution in [0.5, 0.6) is 0 Å². The Kier molecular flexibility index (Phi) is 4.59. The second-order valence-corrected chi connectivity index (χ2v) is 7.64. The molecule has 1 saturated carbocycles. The van der Waals surface area contributed by atoms with E-state index < -0.39 is 0 Å². The van der Waals surface area contributed by atoms with E-state index in [0.717, 1.165) is 32.5 Å². The largest absolute Gasteiger partial charge is 0.377 e. The molecule has 1 aromatic carbocycles. The zero-order valence-electron chi connectivity index (χ0n) is 14.4. The Hall–Kier alpha value is -1.39. The summed E-state index contributed by atoms with van der Waals surface area (Å²) in [5.74, 6) is 0.722. The lowest BCUT2D eigenvalue weighted by Gasteiger charge is -2.26. The summed E-state index contributed by atoms with van der Waals surface area (Å²) in [6.45, 7) is 2.86. The van der Waals surface area contributed by atoms with Gasteiger partial charge in [-0.25, -0.2) is 0 Å². The second-order valence-electron chi connectivity index (χ2n) is 7.64. The molecule has 4 heteroatoms. The van der Waals surface area contributed by atoms with Gasteiger partial charge in [0.25, 0.3) is 0 Å². The third-order valence-corrected chi connectivity index (χ3v) is 6.08. The number of carbonyl (C=O) groups excluding carboxylic acids is 1. The fourth-order valence-electron chi connectivity index (χ4n) is 4.69. The van der Waals surface area contributed by atoms with Gasteiger partial charge >= 0.3 is 0 Å². The number of hydrogen-bond donors (Lipinski definition) is 2. The van der Waals surface area contributed by atoms with Gasteiger partial charge in [0.15, 0.2) is 0 Å².